The lowest BCUT2D eigenvalue weighted by molar-refractivity contribution is -0.125. The third-order valence-electron chi connectivity index (χ3n) is 1.79. The van der Waals surface area contributed by atoms with Crippen LogP contribution < -0.4 is 0 Å². The summed E-state index contributed by atoms with van der Waals surface area (Å²) in [7, 11) is 1.66. The summed E-state index contributed by atoms with van der Waals surface area (Å²) in [6.07, 6.45) is -0.435. The van der Waals surface area contributed by atoms with E-state index in [-0.39, 0.29) is 12.5 Å². The summed E-state index contributed by atoms with van der Waals surface area (Å²) in [5, 5.41) is 0. The minimum atomic E-state index is -0.513. The van der Waals surface area contributed by atoms with Gasteiger partial charge in [0.1, 0.15) is 12.1 Å². The zero-order chi connectivity index (χ0) is 10.9. The van der Waals surface area contributed by atoms with Crippen LogP contribution in [-0.4, -0.2) is 47.7 Å². The number of carbonyl (C=O) groups excluding carboxylic acids is 2. The van der Waals surface area contributed by atoms with Crippen molar-refractivity contribution in [2.75, 3.05) is 20.3 Å². The van der Waals surface area contributed by atoms with Crippen LogP contribution in [-0.2, 0) is 9.53 Å². The molecule has 5 nitrogen and oxygen atoms in total. The van der Waals surface area contributed by atoms with Crippen molar-refractivity contribution in [3.63, 3.8) is 0 Å². The van der Waals surface area contributed by atoms with Crippen molar-refractivity contribution in [2.45, 2.75) is 26.4 Å². The Morgan fingerprint density at radius 3 is 2.36 bits per heavy atom. The topological polar surface area (TPSA) is 49.9 Å². The summed E-state index contributed by atoms with van der Waals surface area (Å²) in [6.45, 7) is 5.82. The quantitative estimate of drug-likeness (QED) is 0.577. The molecule has 0 bridgehead atoms. The SMILES string of the molecule is CN1CN(C(=O)OC(C)(C)C)CC1=O. The van der Waals surface area contributed by atoms with Crippen LogP contribution in [0.5, 0.6) is 0 Å². The van der Waals surface area contributed by atoms with Gasteiger partial charge in [0.25, 0.3) is 0 Å². The number of amides is 2. The van der Waals surface area contributed by atoms with Gasteiger partial charge in [0, 0.05) is 7.05 Å². The fourth-order valence-corrected chi connectivity index (χ4v) is 1.12. The maximum atomic E-state index is 11.5. The van der Waals surface area contributed by atoms with Gasteiger partial charge in [-0.2, -0.15) is 0 Å². The highest BCUT2D eigenvalue weighted by Gasteiger charge is 2.31. The van der Waals surface area contributed by atoms with Crippen LogP contribution >= 0.6 is 0 Å². The van der Waals surface area contributed by atoms with Crippen LogP contribution in [0.3, 0.4) is 0 Å². The fourth-order valence-electron chi connectivity index (χ4n) is 1.12. The zero-order valence-electron chi connectivity index (χ0n) is 9.03. The van der Waals surface area contributed by atoms with Gasteiger partial charge < -0.3 is 9.64 Å². The molecule has 0 spiro atoms. The Kier molecular flexibility index (Phi) is 2.69. The van der Waals surface area contributed by atoms with Crippen molar-refractivity contribution >= 4 is 12.0 Å². The van der Waals surface area contributed by atoms with E-state index in [1.54, 1.807) is 27.8 Å². The third-order valence-corrected chi connectivity index (χ3v) is 1.79. The van der Waals surface area contributed by atoms with Crippen LogP contribution in [0.15, 0.2) is 0 Å². The molecule has 2 amide bonds. The second-order valence-corrected chi connectivity index (χ2v) is 4.41. The smallest absolute Gasteiger partial charge is 0.412 e. The van der Waals surface area contributed by atoms with Crippen LogP contribution in [0.4, 0.5) is 4.79 Å². The van der Waals surface area contributed by atoms with Gasteiger partial charge in [-0.3, -0.25) is 9.69 Å². The molecule has 1 saturated heterocycles. The molecule has 0 atom stereocenters. The van der Waals surface area contributed by atoms with Gasteiger partial charge in [-0.1, -0.05) is 0 Å². The van der Waals surface area contributed by atoms with Crippen molar-refractivity contribution in [2.24, 2.45) is 0 Å². The van der Waals surface area contributed by atoms with E-state index in [1.165, 1.54) is 9.80 Å². The Bertz CT molecular complexity index is 257. The number of hydrogen-bond donors (Lipinski definition) is 0. The molecule has 0 N–H and O–H groups in total. The third kappa shape index (κ3) is 2.61. The molecule has 0 saturated carbocycles. The Hall–Kier alpha value is -1.26. The highest BCUT2D eigenvalue weighted by atomic mass is 16.6. The molecule has 0 aromatic carbocycles. The number of carbonyl (C=O) groups is 2. The van der Waals surface area contributed by atoms with Crippen molar-refractivity contribution in [1.82, 2.24) is 9.80 Å². The first kappa shape index (κ1) is 10.8. The average molecular weight is 200 g/mol. The number of hydrogen-bond acceptors (Lipinski definition) is 3. The first-order chi connectivity index (χ1) is 6.29. The number of nitrogens with zero attached hydrogens (tertiary/aromatic N) is 2. The molecule has 5 heteroatoms. The lowest BCUT2D eigenvalue weighted by atomic mass is 10.2. The maximum absolute atomic E-state index is 11.5. The van der Waals surface area contributed by atoms with Gasteiger partial charge in [-0.25, -0.2) is 4.79 Å². The Morgan fingerprint density at radius 1 is 1.43 bits per heavy atom. The average Bonchev–Trinajstić information content (AvgIpc) is 2.28. The summed E-state index contributed by atoms with van der Waals surface area (Å²) in [5.41, 5.74) is -0.513. The molecular formula is C9H16N2O3. The minimum Gasteiger partial charge on any atom is -0.444 e. The Morgan fingerprint density at radius 2 is 2.00 bits per heavy atom. The highest BCUT2D eigenvalue weighted by Crippen LogP contribution is 2.12. The molecule has 1 fully saturated rings. The molecular weight excluding hydrogens is 184 g/mol. The number of likely N-dealkylation sites (N-methyl/N-ethyl adjacent to an activating group) is 1. The van der Waals surface area contributed by atoms with E-state index in [0.717, 1.165) is 0 Å². The molecule has 0 aliphatic carbocycles. The molecule has 1 aliphatic heterocycles. The van der Waals surface area contributed by atoms with Gasteiger partial charge in [-0.15, -0.1) is 0 Å². The summed E-state index contributed by atoms with van der Waals surface area (Å²) >= 11 is 0. The first-order valence-electron chi connectivity index (χ1n) is 4.51. The Labute approximate surface area is 83.6 Å². The van der Waals surface area contributed by atoms with Crippen molar-refractivity contribution in [1.29, 1.82) is 0 Å². The Balaban J connectivity index is 2.52. The summed E-state index contributed by atoms with van der Waals surface area (Å²) < 4.78 is 5.13. The molecule has 0 aromatic heterocycles. The van der Waals surface area contributed by atoms with Gasteiger partial charge >= 0.3 is 6.09 Å². The molecule has 14 heavy (non-hydrogen) atoms. The monoisotopic (exact) mass is 200 g/mol. The molecule has 0 radical (unpaired) electrons. The zero-order valence-corrected chi connectivity index (χ0v) is 9.03. The minimum absolute atomic E-state index is 0.0594. The lowest BCUT2D eigenvalue weighted by Crippen LogP contribution is -2.36. The molecule has 0 aromatic rings. The highest BCUT2D eigenvalue weighted by molar-refractivity contribution is 5.85. The van der Waals surface area contributed by atoms with Gasteiger partial charge in [0.05, 0.1) is 6.67 Å². The van der Waals surface area contributed by atoms with E-state index in [4.69, 9.17) is 4.74 Å². The van der Waals surface area contributed by atoms with Crippen molar-refractivity contribution in [3.05, 3.63) is 0 Å². The van der Waals surface area contributed by atoms with E-state index < -0.39 is 11.7 Å². The van der Waals surface area contributed by atoms with Crippen LogP contribution in [0.1, 0.15) is 20.8 Å². The molecule has 1 aliphatic rings. The van der Waals surface area contributed by atoms with Gasteiger partial charge in [-0.05, 0) is 20.8 Å². The largest absolute Gasteiger partial charge is 0.444 e. The molecule has 1 rings (SSSR count). The molecule has 0 unspecified atom stereocenters. The van der Waals surface area contributed by atoms with Crippen molar-refractivity contribution in [3.8, 4) is 0 Å². The van der Waals surface area contributed by atoms with E-state index in [9.17, 15) is 9.59 Å². The summed E-state index contributed by atoms with van der Waals surface area (Å²) in [5.74, 6) is -0.0594. The standard InChI is InChI=1S/C9H16N2O3/c1-9(2,3)14-8(13)11-5-7(12)10(4)6-11/h5-6H2,1-4H3. The second kappa shape index (κ2) is 3.48. The predicted octanol–water partition coefficient (Wildman–Crippen LogP) is 0.653. The van der Waals surface area contributed by atoms with E-state index in [2.05, 4.69) is 0 Å². The van der Waals surface area contributed by atoms with E-state index >= 15 is 0 Å². The van der Waals surface area contributed by atoms with Crippen LogP contribution in [0.2, 0.25) is 0 Å². The van der Waals surface area contributed by atoms with Crippen LogP contribution in [0.25, 0.3) is 0 Å². The van der Waals surface area contributed by atoms with E-state index in [1.807, 2.05) is 0 Å². The fraction of sp³-hybridized carbons (Fsp3) is 0.778. The molecule has 80 valence electrons. The van der Waals surface area contributed by atoms with Crippen LogP contribution in [0, 0.1) is 0 Å². The maximum Gasteiger partial charge on any atom is 0.412 e. The van der Waals surface area contributed by atoms with Gasteiger partial charge in [0.2, 0.25) is 5.91 Å². The summed E-state index contributed by atoms with van der Waals surface area (Å²) in [4.78, 5) is 25.5. The van der Waals surface area contributed by atoms with Crippen molar-refractivity contribution < 1.29 is 14.3 Å². The number of rotatable bonds is 0. The van der Waals surface area contributed by atoms with Gasteiger partial charge in [0.15, 0.2) is 0 Å². The second-order valence-electron chi connectivity index (χ2n) is 4.41. The number of ether oxygens (including phenoxy) is 1. The normalized spacial score (nSPS) is 17.6. The predicted molar refractivity (Wildman–Crippen MR) is 50.6 cm³/mol. The lowest BCUT2D eigenvalue weighted by Gasteiger charge is -2.23. The summed E-state index contributed by atoms with van der Waals surface area (Å²) in [6, 6.07) is 0. The first-order valence-corrected chi connectivity index (χ1v) is 4.51. The molecule has 1 heterocycles. The van der Waals surface area contributed by atoms with E-state index in [0.29, 0.717) is 6.67 Å².